The molecule has 0 aromatic carbocycles. The van der Waals surface area contributed by atoms with Crippen LogP contribution in [0.25, 0.3) is 0 Å². The molecule has 0 amide bonds. The van der Waals surface area contributed by atoms with Crippen molar-refractivity contribution in [2.75, 3.05) is 0 Å². The molecular formula is C14H24O. The molecule has 1 nitrogen and oxygen atoms in total. The monoisotopic (exact) mass is 208 g/mol. The largest absolute Gasteiger partial charge is 0.393 e. The summed E-state index contributed by atoms with van der Waals surface area (Å²) in [4.78, 5) is 0. The molecule has 1 rings (SSSR count). The molecular weight excluding hydrogens is 184 g/mol. The van der Waals surface area contributed by atoms with E-state index in [1.54, 1.807) is 0 Å². The summed E-state index contributed by atoms with van der Waals surface area (Å²) in [6, 6.07) is 0. The number of aliphatic hydroxyl groups excluding tert-OH is 1. The summed E-state index contributed by atoms with van der Waals surface area (Å²) >= 11 is 0. The second-order valence-electron chi connectivity index (χ2n) is 5.24. The molecule has 0 bridgehead atoms. The maximum absolute atomic E-state index is 10.2. The maximum atomic E-state index is 10.2. The average Bonchev–Trinajstić information content (AvgIpc) is 2.42. The Morgan fingerprint density at radius 1 is 1.67 bits per heavy atom. The van der Waals surface area contributed by atoms with Gasteiger partial charge in [-0.1, -0.05) is 31.6 Å². The quantitative estimate of drug-likeness (QED) is 0.539. The summed E-state index contributed by atoms with van der Waals surface area (Å²) in [5.74, 6) is 0.405. The van der Waals surface area contributed by atoms with Crippen LogP contribution in [-0.2, 0) is 0 Å². The lowest BCUT2D eigenvalue weighted by atomic mass is 9.74. The first-order valence-electron chi connectivity index (χ1n) is 5.96. The predicted octanol–water partition coefficient (Wildman–Crippen LogP) is 3.70. The van der Waals surface area contributed by atoms with Crippen LogP contribution >= 0.6 is 0 Å². The van der Waals surface area contributed by atoms with Crippen LogP contribution in [-0.4, -0.2) is 11.2 Å². The molecule has 15 heavy (non-hydrogen) atoms. The Morgan fingerprint density at radius 3 is 2.80 bits per heavy atom. The highest BCUT2D eigenvalue weighted by molar-refractivity contribution is 5.19. The van der Waals surface area contributed by atoms with E-state index in [2.05, 4.69) is 33.4 Å². The molecule has 0 aromatic heterocycles. The fourth-order valence-corrected chi connectivity index (χ4v) is 2.46. The summed E-state index contributed by atoms with van der Waals surface area (Å²) in [7, 11) is 0. The molecule has 86 valence electrons. The summed E-state index contributed by atoms with van der Waals surface area (Å²) in [6.45, 7) is 10.4. The van der Waals surface area contributed by atoms with E-state index < -0.39 is 0 Å². The fraction of sp³-hybridized carbons (Fsp3) is 0.714. The molecule has 1 heteroatoms. The molecule has 0 saturated carbocycles. The lowest BCUT2D eigenvalue weighted by molar-refractivity contribution is 0.0529. The van der Waals surface area contributed by atoms with Crippen molar-refractivity contribution in [3.63, 3.8) is 0 Å². The summed E-state index contributed by atoms with van der Waals surface area (Å²) in [5.41, 5.74) is 1.60. The van der Waals surface area contributed by atoms with Gasteiger partial charge in [-0.15, -0.1) is 6.58 Å². The topological polar surface area (TPSA) is 20.2 Å². The van der Waals surface area contributed by atoms with Crippen LogP contribution in [0.5, 0.6) is 0 Å². The zero-order valence-electron chi connectivity index (χ0n) is 10.3. The van der Waals surface area contributed by atoms with E-state index in [9.17, 15) is 5.11 Å². The number of rotatable bonds is 5. The van der Waals surface area contributed by atoms with E-state index in [1.807, 2.05) is 6.08 Å². The number of allylic oxidation sites excluding steroid dienone is 3. The van der Waals surface area contributed by atoms with Crippen molar-refractivity contribution in [3.8, 4) is 0 Å². The van der Waals surface area contributed by atoms with Crippen LogP contribution < -0.4 is 0 Å². The van der Waals surface area contributed by atoms with Crippen LogP contribution in [0.4, 0.5) is 0 Å². The van der Waals surface area contributed by atoms with Gasteiger partial charge in [-0.25, -0.2) is 0 Å². The molecule has 0 spiro atoms. The highest BCUT2D eigenvalue weighted by Gasteiger charge is 2.38. The Balaban J connectivity index is 2.48. The van der Waals surface area contributed by atoms with Gasteiger partial charge >= 0.3 is 0 Å². The van der Waals surface area contributed by atoms with Crippen LogP contribution in [0.3, 0.4) is 0 Å². The van der Waals surface area contributed by atoms with Gasteiger partial charge in [0.15, 0.2) is 0 Å². The van der Waals surface area contributed by atoms with Gasteiger partial charge in [0, 0.05) is 0 Å². The molecule has 0 aliphatic heterocycles. The summed E-state index contributed by atoms with van der Waals surface area (Å²) < 4.78 is 0. The number of unbranched alkanes of at least 4 members (excludes halogenated alkanes) is 1. The van der Waals surface area contributed by atoms with Crippen molar-refractivity contribution >= 4 is 0 Å². The minimum Gasteiger partial charge on any atom is -0.393 e. The van der Waals surface area contributed by atoms with Gasteiger partial charge in [-0.05, 0) is 43.9 Å². The first-order valence-corrected chi connectivity index (χ1v) is 5.96. The third kappa shape index (κ3) is 2.72. The minimum atomic E-state index is -0.159. The van der Waals surface area contributed by atoms with E-state index in [4.69, 9.17) is 0 Å². The SMILES string of the molecule is C=CCCCC(O)C1CC=C(C)C1(C)C. The van der Waals surface area contributed by atoms with E-state index >= 15 is 0 Å². The second kappa shape index (κ2) is 4.98. The predicted molar refractivity (Wildman–Crippen MR) is 65.7 cm³/mol. The van der Waals surface area contributed by atoms with Crippen molar-refractivity contribution in [3.05, 3.63) is 24.3 Å². The van der Waals surface area contributed by atoms with Crippen molar-refractivity contribution in [1.29, 1.82) is 0 Å². The smallest absolute Gasteiger partial charge is 0.0579 e. The Kier molecular flexibility index (Phi) is 4.15. The van der Waals surface area contributed by atoms with Gasteiger partial charge < -0.3 is 5.11 Å². The van der Waals surface area contributed by atoms with Gasteiger partial charge in [0.25, 0.3) is 0 Å². The van der Waals surface area contributed by atoms with Crippen molar-refractivity contribution in [2.45, 2.75) is 52.6 Å². The fourth-order valence-electron chi connectivity index (χ4n) is 2.46. The Labute approximate surface area is 93.9 Å². The van der Waals surface area contributed by atoms with Crippen molar-refractivity contribution in [2.24, 2.45) is 11.3 Å². The van der Waals surface area contributed by atoms with Crippen molar-refractivity contribution < 1.29 is 5.11 Å². The molecule has 0 heterocycles. The lowest BCUT2D eigenvalue weighted by Crippen LogP contribution is -2.31. The number of hydrogen-bond donors (Lipinski definition) is 1. The lowest BCUT2D eigenvalue weighted by Gasteiger charge is -2.33. The third-order valence-corrected chi connectivity index (χ3v) is 3.99. The molecule has 1 aliphatic rings. The molecule has 0 radical (unpaired) electrons. The standard InChI is InChI=1S/C14H24O/c1-5-6-7-8-13(15)12-10-9-11(2)14(12,3)4/h5,9,12-13,15H,1,6-8,10H2,2-4H3. The van der Waals surface area contributed by atoms with Gasteiger partial charge in [0.2, 0.25) is 0 Å². The van der Waals surface area contributed by atoms with Crippen LogP contribution in [0.15, 0.2) is 24.3 Å². The summed E-state index contributed by atoms with van der Waals surface area (Å²) in [5, 5.41) is 10.2. The van der Waals surface area contributed by atoms with Crippen LogP contribution in [0.1, 0.15) is 46.5 Å². The Bertz CT molecular complexity index is 250. The van der Waals surface area contributed by atoms with Crippen molar-refractivity contribution in [1.82, 2.24) is 0 Å². The molecule has 0 fully saturated rings. The first kappa shape index (κ1) is 12.5. The van der Waals surface area contributed by atoms with E-state index in [0.29, 0.717) is 5.92 Å². The highest BCUT2D eigenvalue weighted by atomic mass is 16.3. The highest BCUT2D eigenvalue weighted by Crippen LogP contribution is 2.45. The first-order chi connectivity index (χ1) is 7.00. The van der Waals surface area contributed by atoms with Gasteiger partial charge in [-0.2, -0.15) is 0 Å². The van der Waals surface area contributed by atoms with E-state index in [0.717, 1.165) is 25.7 Å². The van der Waals surface area contributed by atoms with Gasteiger partial charge in [-0.3, -0.25) is 0 Å². The molecule has 0 saturated heterocycles. The zero-order chi connectivity index (χ0) is 11.5. The number of hydrogen-bond acceptors (Lipinski definition) is 1. The van der Waals surface area contributed by atoms with E-state index in [1.165, 1.54) is 5.57 Å². The molecule has 0 aromatic rings. The Hall–Kier alpha value is -0.560. The normalized spacial score (nSPS) is 26.1. The summed E-state index contributed by atoms with van der Waals surface area (Å²) in [6.07, 6.45) is 8.05. The minimum absolute atomic E-state index is 0.159. The molecule has 2 unspecified atom stereocenters. The zero-order valence-corrected chi connectivity index (χ0v) is 10.3. The average molecular weight is 208 g/mol. The molecule has 2 atom stereocenters. The van der Waals surface area contributed by atoms with Gasteiger partial charge in [0.05, 0.1) is 6.10 Å². The molecule has 1 aliphatic carbocycles. The van der Waals surface area contributed by atoms with E-state index in [-0.39, 0.29) is 11.5 Å². The molecule has 1 N–H and O–H groups in total. The van der Waals surface area contributed by atoms with Gasteiger partial charge in [0.1, 0.15) is 0 Å². The maximum Gasteiger partial charge on any atom is 0.0579 e. The Morgan fingerprint density at radius 2 is 2.33 bits per heavy atom. The second-order valence-corrected chi connectivity index (χ2v) is 5.24. The van der Waals surface area contributed by atoms with Crippen LogP contribution in [0.2, 0.25) is 0 Å². The third-order valence-electron chi connectivity index (χ3n) is 3.99. The van der Waals surface area contributed by atoms with Crippen LogP contribution in [0, 0.1) is 11.3 Å². The number of aliphatic hydroxyl groups is 1.